The fraction of sp³-hybridized carbons (Fsp3) is 0.636. The van der Waals surface area contributed by atoms with Crippen molar-refractivity contribution in [2.24, 2.45) is 0 Å². The summed E-state index contributed by atoms with van der Waals surface area (Å²) >= 11 is 0. The van der Waals surface area contributed by atoms with E-state index in [0.29, 0.717) is 11.8 Å². The van der Waals surface area contributed by atoms with Crippen LogP contribution in [0.1, 0.15) is 153 Å². The highest BCUT2D eigenvalue weighted by molar-refractivity contribution is 5.82. The quantitative estimate of drug-likeness (QED) is 0.253. The molecule has 0 N–H and O–H groups in total. The first kappa shape index (κ1) is 26.1. The van der Waals surface area contributed by atoms with Crippen molar-refractivity contribution in [1.82, 2.24) is 0 Å². The Labute approximate surface area is 205 Å². The molecule has 0 atom stereocenters. The van der Waals surface area contributed by atoms with Crippen molar-refractivity contribution in [3.63, 3.8) is 0 Å². The Morgan fingerprint density at radius 3 is 1.30 bits per heavy atom. The van der Waals surface area contributed by atoms with Crippen molar-refractivity contribution in [1.29, 1.82) is 0 Å². The molecule has 0 saturated carbocycles. The lowest BCUT2D eigenvalue weighted by atomic mass is 9.69. The highest BCUT2D eigenvalue weighted by Gasteiger charge is 2.42. The molecular formula is C33H50. The van der Waals surface area contributed by atoms with Gasteiger partial charge in [0.15, 0.2) is 0 Å². The minimum Gasteiger partial charge on any atom is -0.0654 e. The maximum atomic E-state index is 2.60. The van der Waals surface area contributed by atoms with Crippen LogP contribution in [0.15, 0.2) is 36.4 Å². The van der Waals surface area contributed by atoms with Crippen molar-refractivity contribution < 1.29 is 0 Å². The summed E-state index contributed by atoms with van der Waals surface area (Å²) in [5, 5.41) is 0. The molecule has 0 heterocycles. The second kappa shape index (κ2) is 12.2. The first-order valence-corrected chi connectivity index (χ1v) is 14.2. The minimum absolute atomic E-state index is 0.207. The van der Waals surface area contributed by atoms with E-state index in [4.69, 9.17) is 0 Å². The Morgan fingerprint density at radius 1 is 0.545 bits per heavy atom. The smallest absolute Gasteiger partial charge is 0.0215 e. The van der Waals surface area contributed by atoms with Gasteiger partial charge < -0.3 is 0 Å². The van der Waals surface area contributed by atoms with Crippen LogP contribution < -0.4 is 0 Å². The Hall–Kier alpha value is -1.56. The van der Waals surface area contributed by atoms with Gasteiger partial charge in [0.25, 0.3) is 0 Å². The lowest BCUT2D eigenvalue weighted by Crippen LogP contribution is -2.26. The highest BCUT2D eigenvalue weighted by Crippen LogP contribution is 2.55. The SMILES string of the molecule is CCCCCCCC1(CCCCCCC)c2cc(C(C)C)ccc2-c2ccc(C(C)C)cc21. The van der Waals surface area contributed by atoms with Crippen LogP contribution in [0.25, 0.3) is 11.1 Å². The Kier molecular flexibility index (Phi) is 9.66. The lowest BCUT2D eigenvalue weighted by molar-refractivity contribution is 0.398. The summed E-state index contributed by atoms with van der Waals surface area (Å²) in [6.07, 6.45) is 16.3. The van der Waals surface area contributed by atoms with Gasteiger partial charge >= 0.3 is 0 Å². The first-order valence-electron chi connectivity index (χ1n) is 14.2. The Bertz CT molecular complexity index is 796. The van der Waals surface area contributed by atoms with E-state index in [1.807, 2.05) is 0 Å². The maximum Gasteiger partial charge on any atom is 0.0215 e. The van der Waals surface area contributed by atoms with E-state index in [1.54, 1.807) is 11.1 Å². The number of hydrogen-bond acceptors (Lipinski definition) is 0. The summed E-state index contributed by atoms with van der Waals surface area (Å²) < 4.78 is 0. The molecule has 0 aromatic heterocycles. The summed E-state index contributed by atoms with van der Waals surface area (Å²) in [6, 6.07) is 14.9. The molecule has 0 radical (unpaired) electrons. The van der Waals surface area contributed by atoms with Crippen molar-refractivity contribution in [2.75, 3.05) is 0 Å². The molecule has 0 nitrogen and oxygen atoms in total. The lowest BCUT2D eigenvalue weighted by Gasteiger charge is -2.34. The second-order valence-electron chi connectivity index (χ2n) is 11.3. The van der Waals surface area contributed by atoms with E-state index >= 15 is 0 Å². The molecule has 0 heteroatoms. The molecule has 0 bridgehead atoms. The Morgan fingerprint density at radius 2 is 0.939 bits per heavy atom. The van der Waals surface area contributed by atoms with Crippen LogP contribution >= 0.6 is 0 Å². The average Bonchev–Trinajstić information content (AvgIpc) is 3.07. The van der Waals surface area contributed by atoms with Crippen molar-refractivity contribution >= 4 is 0 Å². The summed E-state index contributed by atoms with van der Waals surface area (Å²) in [5.41, 5.74) is 9.56. The maximum absolute atomic E-state index is 2.60. The van der Waals surface area contributed by atoms with Gasteiger partial charge in [-0.2, -0.15) is 0 Å². The summed E-state index contributed by atoms with van der Waals surface area (Å²) in [7, 11) is 0. The fourth-order valence-electron chi connectivity index (χ4n) is 5.97. The number of unbranched alkanes of at least 4 members (excludes halogenated alkanes) is 8. The molecule has 0 unspecified atom stereocenters. The molecule has 1 aliphatic rings. The minimum atomic E-state index is 0.207. The third kappa shape index (κ3) is 5.93. The molecule has 3 rings (SSSR count). The zero-order valence-electron chi connectivity index (χ0n) is 22.6. The predicted octanol–water partition coefficient (Wildman–Crippen LogP) is 10.9. The predicted molar refractivity (Wildman–Crippen MR) is 148 cm³/mol. The van der Waals surface area contributed by atoms with E-state index in [-0.39, 0.29) is 5.41 Å². The summed E-state index contributed by atoms with van der Waals surface area (Å²) in [5.74, 6) is 1.16. The largest absolute Gasteiger partial charge is 0.0654 e. The second-order valence-corrected chi connectivity index (χ2v) is 11.3. The van der Waals surface area contributed by atoms with Gasteiger partial charge in [-0.05, 0) is 58.1 Å². The van der Waals surface area contributed by atoms with Crippen LogP contribution in [-0.4, -0.2) is 0 Å². The third-order valence-electron chi connectivity index (χ3n) is 8.16. The normalized spacial score (nSPS) is 14.2. The van der Waals surface area contributed by atoms with Crippen molar-refractivity contribution in [3.05, 3.63) is 58.7 Å². The number of fused-ring (bicyclic) bond motifs is 3. The summed E-state index contributed by atoms with van der Waals surface area (Å²) in [4.78, 5) is 0. The zero-order chi connectivity index (χ0) is 23.8. The monoisotopic (exact) mass is 446 g/mol. The van der Waals surface area contributed by atoms with E-state index in [0.717, 1.165) is 0 Å². The van der Waals surface area contributed by atoms with Crippen LogP contribution in [0, 0.1) is 0 Å². The van der Waals surface area contributed by atoms with Gasteiger partial charge in [0.1, 0.15) is 0 Å². The fourth-order valence-corrected chi connectivity index (χ4v) is 5.97. The number of hydrogen-bond donors (Lipinski definition) is 0. The van der Waals surface area contributed by atoms with E-state index in [2.05, 4.69) is 77.9 Å². The van der Waals surface area contributed by atoms with Gasteiger partial charge in [0, 0.05) is 5.41 Å². The van der Waals surface area contributed by atoms with Gasteiger partial charge in [-0.15, -0.1) is 0 Å². The molecule has 0 spiro atoms. The highest BCUT2D eigenvalue weighted by atomic mass is 14.5. The molecule has 0 amide bonds. The van der Waals surface area contributed by atoms with Gasteiger partial charge in [-0.3, -0.25) is 0 Å². The molecule has 2 aromatic rings. The van der Waals surface area contributed by atoms with Gasteiger partial charge in [0.2, 0.25) is 0 Å². The molecular weight excluding hydrogens is 396 g/mol. The van der Waals surface area contributed by atoms with Crippen LogP contribution in [0.4, 0.5) is 0 Å². The van der Waals surface area contributed by atoms with Crippen molar-refractivity contribution in [3.8, 4) is 11.1 Å². The Balaban J connectivity index is 2.04. The van der Waals surface area contributed by atoms with E-state index < -0.39 is 0 Å². The third-order valence-corrected chi connectivity index (χ3v) is 8.16. The molecule has 0 aliphatic heterocycles. The van der Waals surface area contributed by atoms with Crippen molar-refractivity contribution in [2.45, 2.75) is 136 Å². The summed E-state index contributed by atoms with van der Waals surface area (Å²) in [6.45, 7) is 14.0. The zero-order valence-corrected chi connectivity index (χ0v) is 22.6. The van der Waals surface area contributed by atoms with Crippen LogP contribution in [0.2, 0.25) is 0 Å². The molecule has 2 aromatic carbocycles. The molecule has 0 fully saturated rings. The van der Waals surface area contributed by atoms with Crippen LogP contribution in [-0.2, 0) is 5.41 Å². The number of rotatable bonds is 14. The molecule has 33 heavy (non-hydrogen) atoms. The van der Waals surface area contributed by atoms with Gasteiger partial charge in [0.05, 0.1) is 0 Å². The standard InChI is InChI=1S/C33H50/c1-7-9-11-13-15-21-33(22-16-14-12-10-8-2)31-23-27(25(3)4)17-19-29(31)30-20-18-28(26(5)6)24-32(30)33/h17-20,23-26H,7-16,21-22H2,1-6H3. The number of benzene rings is 2. The topological polar surface area (TPSA) is 0 Å². The van der Waals surface area contributed by atoms with Gasteiger partial charge in [-0.25, -0.2) is 0 Å². The van der Waals surface area contributed by atoms with E-state index in [9.17, 15) is 0 Å². The molecule has 0 saturated heterocycles. The molecule has 182 valence electrons. The molecule has 1 aliphatic carbocycles. The van der Waals surface area contributed by atoms with E-state index in [1.165, 1.54) is 99.3 Å². The van der Waals surface area contributed by atoms with Crippen LogP contribution in [0.5, 0.6) is 0 Å². The average molecular weight is 447 g/mol. The van der Waals surface area contributed by atoms with Crippen LogP contribution in [0.3, 0.4) is 0 Å². The first-order chi connectivity index (χ1) is 15.9. The van der Waals surface area contributed by atoms with Gasteiger partial charge in [-0.1, -0.05) is 142 Å².